The Labute approximate surface area is 137 Å². The largest absolute Gasteiger partial charge is 0.461 e. The van der Waals surface area contributed by atoms with Crippen molar-refractivity contribution in [2.45, 2.75) is 6.61 Å². The predicted octanol–water partition coefficient (Wildman–Crippen LogP) is 3.74. The van der Waals surface area contributed by atoms with Crippen LogP contribution in [0.1, 0.15) is 5.69 Å². The van der Waals surface area contributed by atoms with E-state index in [1.54, 1.807) is 48.7 Å². The number of hydrogen-bond donors (Lipinski definition) is 1. The molecule has 2 heterocycles. The third-order valence-corrected chi connectivity index (χ3v) is 3.19. The number of amides is 1. The van der Waals surface area contributed by atoms with Gasteiger partial charge < -0.3 is 19.0 Å². The van der Waals surface area contributed by atoms with Gasteiger partial charge in [-0.2, -0.15) is 0 Å². The Balaban J connectivity index is 1.46. The molecule has 7 heteroatoms. The van der Waals surface area contributed by atoms with Gasteiger partial charge in [0.05, 0.1) is 12.9 Å². The lowest BCUT2D eigenvalue weighted by molar-refractivity contribution is -0.121. The molecule has 1 N–H and O–H groups in total. The smallest absolute Gasteiger partial charge is 0.250 e. The Morgan fingerprint density at radius 1 is 1.22 bits per heavy atom. The van der Waals surface area contributed by atoms with Crippen molar-refractivity contribution in [1.29, 1.82) is 0 Å². The molecule has 23 heavy (non-hydrogen) atoms. The molecule has 0 radical (unpaired) electrons. The molecule has 0 aliphatic heterocycles. The summed E-state index contributed by atoms with van der Waals surface area (Å²) in [7, 11) is 0. The fourth-order valence-corrected chi connectivity index (χ4v) is 2.02. The van der Waals surface area contributed by atoms with Gasteiger partial charge in [-0.15, -0.1) is 0 Å². The number of carbonyl (C=O) groups excluding carboxylic acids is 1. The van der Waals surface area contributed by atoms with E-state index in [0.717, 1.165) is 0 Å². The normalized spacial score (nSPS) is 10.7. The van der Waals surface area contributed by atoms with Gasteiger partial charge in [-0.1, -0.05) is 16.8 Å². The van der Waals surface area contributed by atoms with E-state index in [2.05, 4.69) is 10.5 Å². The number of halogens is 1. The summed E-state index contributed by atoms with van der Waals surface area (Å²) in [4.78, 5) is 11.8. The molecule has 0 unspecified atom stereocenters. The molecular formula is C16H13ClN2O4. The number of nitrogens with one attached hydrogen (secondary N) is 1. The summed E-state index contributed by atoms with van der Waals surface area (Å²) in [6, 6.07) is 12.1. The van der Waals surface area contributed by atoms with Gasteiger partial charge in [0.15, 0.2) is 5.76 Å². The molecule has 3 aromatic rings. The Morgan fingerprint density at radius 2 is 2.04 bits per heavy atom. The molecule has 0 aliphatic rings. The first-order chi connectivity index (χ1) is 11.2. The molecule has 0 aliphatic carbocycles. The van der Waals surface area contributed by atoms with E-state index in [0.29, 0.717) is 27.9 Å². The van der Waals surface area contributed by atoms with Gasteiger partial charge in [0.25, 0.3) is 0 Å². The molecule has 0 atom stereocenters. The van der Waals surface area contributed by atoms with Crippen LogP contribution in [0.3, 0.4) is 0 Å². The summed E-state index contributed by atoms with van der Waals surface area (Å²) in [5.41, 5.74) is 1.24. The number of furan rings is 1. The number of carbonyl (C=O) groups is 1. The summed E-state index contributed by atoms with van der Waals surface area (Å²) in [5.74, 6) is 0.838. The van der Waals surface area contributed by atoms with Crippen LogP contribution in [0.15, 0.2) is 57.7 Å². The van der Waals surface area contributed by atoms with Crippen LogP contribution in [0.25, 0.3) is 11.5 Å². The maximum absolute atomic E-state index is 11.8. The number of ether oxygens (including phenoxy) is 1. The van der Waals surface area contributed by atoms with Gasteiger partial charge in [-0.05, 0) is 36.4 Å². The van der Waals surface area contributed by atoms with E-state index >= 15 is 0 Å². The van der Waals surface area contributed by atoms with Crippen LogP contribution in [0.5, 0.6) is 0 Å². The Kier molecular flexibility index (Phi) is 4.75. The van der Waals surface area contributed by atoms with Crippen molar-refractivity contribution in [2.75, 3.05) is 11.9 Å². The molecule has 0 saturated carbocycles. The average molecular weight is 333 g/mol. The highest BCUT2D eigenvalue weighted by Crippen LogP contribution is 2.20. The Bertz CT molecular complexity index is 766. The van der Waals surface area contributed by atoms with Crippen molar-refractivity contribution in [3.05, 3.63) is 59.4 Å². The summed E-state index contributed by atoms with van der Waals surface area (Å²) in [5, 5.41) is 7.17. The zero-order chi connectivity index (χ0) is 16.1. The topological polar surface area (TPSA) is 77.5 Å². The summed E-state index contributed by atoms with van der Waals surface area (Å²) in [6.45, 7) is 0.0732. The molecule has 2 aromatic heterocycles. The quantitative estimate of drug-likeness (QED) is 0.744. The van der Waals surface area contributed by atoms with Gasteiger partial charge in [0, 0.05) is 16.8 Å². The molecule has 1 aromatic carbocycles. The number of benzene rings is 1. The number of rotatable bonds is 6. The van der Waals surface area contributed by atoms with Crippen molar-refractivity contribution in [3.63, 3.8) is 0 Å². The molecule has 0 fully saturated rings. The monoisotopic (exact) mass is 332 g/mol. The van der Waals surface area contributed by atoms with Crippen LogP contribution in [0.4, 0.5) is 5.69 Å². The van der Waals surface area contributed by atoms with Crippen molar-refractivity contribution in [1.82, 2.24) is 5.16 Å². The fourth-order valence-electron chi connectivity index (χ4n) is 1.89. The number of anilines is 1. The molecule has 3 rings (SSSR count). The second kappa shape index (κ2) is 7.13. The van der Waals surface area contributed by atoms with Crippen LogP contribution < -0.4 is 5.32 Å². The van der Waals surface area contributed by atoms with Crippen molar-refractivity contribution >= 4 is 23.2 Å². The third kappa shape index (κ3) is 4.21. The summed E-state index contributed by atoms with van der Waals surface area (Å²) < 4.78 is 15.7. The predicted molar refractivity (Wildman–Crippen MR) is 83.9 cm³/mol. The minimum Gasteiger partial charge on any atom is -0.461 e. The molecular weight excluding hydrogens is 320 g/mol. The standard InChI is InChI=1S/C16H13ClN2O4/c17-11-3-5-12(6-4-11)18-16(20)10-21-9-13-8-15(23-19-13)14-2-1-7-22-14/h1-8H,9-10H2,(H,18,20). The van der Waals surface area contributed by atoms with Gasteiger partial charge in [0.2, 0.25) is 11.7 Å². The van der Waals surface area contributed by atoms with E-state index in [1.807, 2.05) is 0 Å². The van der Waals surface area contributed by atoms with E-state index in [9.17, 15) is 4.79 Å². The van der Waals surface area contributed by atoms with Crippen LogP contribution in [0, 0.1) is 0 Å². The second-order valence-electron chi connectivity index (χ2n) is 4.71. The van der Waals surface area contributed by atoms with Gasteiger partial charge >= 0.3 is 0 Å². The number of nitrogens with zero attached hydrogens (tertiary/aromatic N) is 1. The van der Waals surface area contributed by atoms with Crippen LogP contribution in [0.2, 0.25) is 5.02 Å². The number of aromatic nitrogens is 1. The molecule has 0 saturated heterocycles. The molecule has 6 nitrogen and oxygen atoms in total. The van der Waals surface area contributed by atoms with Crippen LogP contribution in [-0.4, -0.2) is 17.7 Å². The minimum absolute atomic E-state index is 0.0917. The van der Waals surface area contributed by atoms with Gasteiger partial charge in [-0.25, -0.2) is 0 Å². The lowest BCUT2D eigenvalue weighted by atomic mass is 10.3. The zero-order valence-electron chi connectivity index (χ0n) is 12.0. The van der Waals surface area contributed by atoms with E-state index in [-0.39, 0.29) is 19.1 Å². The zero-order valence-corrected chi connectivity index (χ0v) is 12.7. The maximum atomic E-state index is 11.8. The first kappa shape index (κ1) is 15.3. The van der Waals surface area contributed by atoms with Gasteiger partial charge in [0.1, 0.15) is 12.3 Å². The molecule has 0 bridgehead atoms. The van der Waals surface area contributed by atoms with Crippen LogP contribution >= 0.6 is 11.6 Å². The van der Waals surface area contributed by atoms with Crippen molar-refractivity contribution < 1.29 is 18.5 Å². The summed E-state index contributed by atoms with van der Waals surface area (Å²) in [6.07, 6.45) is 1.55. The van der Waals surface area contributed by atoms with Crippen LogP contribution in [-0.2, 0) is 16.1 Å². The highest BCUT2D eigenvalue weighted by Gasteiger charge is 2.10. The molecule has 0 spiro atoms. The summed E-state index contributed by atoms with van der Waals surface area (Å²) >= 11 is 5.78. The van der Waals surface area contributed by atoms with E-state index in [1.165, 1.54) is 0 Å². The third-order valence-electron chi connectivity index (χ3n) is 2.93. The first-order valence-electron chi connectivity index (χ1n) is 6.83. The van der Waals surface area contributed by atoms with Crippen molar-refractivity contribution in [2.24, 2.45) is 0 Å². The van der Waals surface area contributed by atoms with E-state index < -0.39 is 0 Å². The maximum Gasteiger partial charge on any atom is 0.250 e. The highest BCUT2D eigenvalue weighted by atomic mass is 35.5. The SMILES string of the molecule is O=C(COCc1cc(-c2ccco2)on1)Nc1ccc(Cl)cc1. The minimum atomic E-state index is -0.262. The lowest BCUT2D eigenvalue weighted by Gasteiger charge is -2.05. The molecule has 118 valence electrons. The Hall–Kier alpha value is -2.57. The van der Waals surface area contributed by atoms with Crippen molar-refractivity contribution in [3.8, 4) is 11.5 Å². The van der Waals surface area contributed by atoms with Gasteiger partial charge in [-0.3, -0.25) is 4.79 Å². The fraction of sp³-hybridized carbons (Fsp3) is 0.125. The lowest BCUT2D eigenvalue weighted by Crippen LogP contribution is -2.18. The highest BCUT2D eigenvalue weighted by molar-refractivity contribution is 6.30. The first-order valence-corrected chi connectivity index (χ1v) is 7.21. The second-order valence-corrected chi connectivity index (χ2v) is 5.14. The Morgan fingerprint density at radius 3 is 2.78 bits per heavy atom. The number of hydrogen-bond acceptors (Lipinski definition) is 5. The average Bonchev–Trinajstić information content (AvgIpc) is 3.20. The molecule has 1 amide bonds. The van der Waals surface area contributed by atoms with E-state index in [4.69, 9.17) is 25.3 Å².